The number of morpholine rings is 1. The zero-order chi connectivity index (χ0) is 44.7. The first-order chi connectivity index (χ1) is 31.0. The lowest BCUT2D eigenvalue weighted by molar-refractivity contribution is 0.0383. The topological polar surface area (TPSA) is 196 Å². The number of aliphatic hydroxyl groups excluding tert-OH is 2. The molecular weight excluding hydrogens is 863 g/mol. The molecule has 0 bridgehead atoms. The minimum atomic E-state index is -1.13. The Morgan fingerprint density at radius 3 is 1.59 bits per heavy atom. The van der Waals surface area contributed by atoms with Gasteiger partial charge in [0.25, 0.3) is 5.91 Å². The van der Waals surface area contributed by atoms with Gasteiger partial charge in [0.2, 0.25) is 23.7 Å². The minimum Gasteiger partial charge on any atom is -0.477 e. The van der Waals surface area contributed by atoms with E-state index in [0.717, 1.165) is 95.8 Å². The summed E-state index contributed by atoms with van der Waals surface area (Å²) in [5, 5.41) is 31.9. The molecule has 2 spiro atoms. The highest BCUT2D eigenvalue weighted by molar-refractivity contribution is 6.31. The molecule has 5 heterocycles. The maximum absolute atomic E-state index is 13.1. The van der Waals surface area contributed by atoms with Gasteiger partial charge in [-0.1, -0.05) is 47.5 Å². The number of amides is 1. The van der Waals surface area contributed by atoms with E-state index in [1.165, 1.54) is 31.9 Å². The number of nitrogens with one attached hydrogen (secondary N) is 1. The van der Waals surface area contributed by atoms with E-state index in [0.29, 0.717) is 56.0 Å². The van der Waals surface area contributed by atoms with Crippen molar-refractivity contribution in [3.05, 3.63) is 92.2 Å². The molecule has 0 unspecified atom stereocenters. The number of carboxylic acids is 1. The van der Waals surface area contributed by atoms with E-state index < -0.39 is 5.97 Å². The van der Waals surface area contributed by atoms with Crippen molar-refractivity contribution in [2.45, 2.75) is 77.8 Å². The van der Waals surface area contributed by atoms with Gasteiger partial charge in [-0.15, -0.1) is 0 Å². The summed E-state index contributed by atoms with van der Waals surface area (Å²) in [6.45, 7) is 8.11. The average Bonchev–Trinajstić information content (AvgIpc) is 4.26. The highest BCUT2D eigenvalue weighted by atomic mass is 35.5. The maximum atomic E-state index is 13.1. The first kappa shape index (κ1) is 45.7. The van der Waals surface area contributed by atoms with E-state index in [1.807, 2.05) is 6.07 Å². The summed E-state index contributed by atoms with van der Waals surface area (Å²) in [5.74, 6) is 0.0209. The third kappa shape index (κ3) is 11.5. The van der Waals surface area contributed by atoms with Gasteiger partial charge in [0, 0.05) is 68.6 Å². The zero-order valence-electron chi connectivity index (χ0n) is 35.9. The fourth-order valence-electron chi connectivity index (χ4n) is 8.43. The Balaban J connectivity index is 0.000000181. The number of aromatic nitrogens is 4. The Morgan fingerprint density at radius 2 is 1.16 bits per heavy atom. The van der Waals surface area contributed by atoms with Crippen LogP contribution >= 0.6 is 23.2 Å². The van der Waals surface area contributed by atoms with Gasteiger partial charge < -0.3 is 44.6 Å². The number of aromatic carboxylic acids is 1. The van der Waals surface area contributed by atoms with Crippen LogP contribution in [0.4, 0.5) is 11.9 Å². The quantitative estimate of drug-likeness (QED) is 0.110. The number of anilines is 2. The number of piperidine rings is 2. The number of hydrogen-bond acceptors (Lipinski definition) is 14. The van der Waals surface area contributed by atoms with Crippen LogP contribution in [0.15, 0.2) is 48.8 Å². The predicted molar refractivity (Wildman–Crippen MR) is 240 cm³/mol. The predicted octanol–water partition coefficient (Wildman–Crippen LogP) is 5.92. The molecule has 2 aromatic carbocycles. The Bertz CT molecular complexity index is 2270. The Labute approximate surface area is 382 Å². The summed E-state index contributed by atoms with van der Waals surface area (Å²) in [6.07, 6.45) is 12.7. The fourth-order valence-corrected chi connectivity index (χ4v) is 8.95. The van der Waals surface area contributed by atoms with Crippen molar-refractivity contribution in [1.29, 1.82) is 0 Å². The smallest absolute Gasteiger partial charge is 0.342 e. The second-order valence-corrected chi connectivity index (χ2v) is 18.3. The van der Waals surface area contributed by atoms with Gasteiger partial charge in [0.1, 0.15) is 24.3 Å². The van der Waals surface area contributed by atoms with Crippen molar-refractivity contribution in [2.75, 3.05) is 75.4 Å². The van der Waals surface area contributed by atoms with E-state index in [1.54, 1.807) is 36.5 Å². The number of ether oxygens (including phenoxy) is 3. The largest absolute Gasteiger partial charge is 0.477 e. The van der Waals surface area contributed by atoms with Gasteiger partial charge >= 0.3 is 5.97 Å². The molecule has 64 heavy (non-hydrogen) atoms. The van der Waals surface area contributed by atoms with Gasteiger partial charge in [-0.2, -0.15) is 9.97 Å². The first-order valence-corrected chi connectivity index (χ1v) is 22.9. The molecule has 16 nitrogen and oxygen atoms in total. The normalized spacial score (nSPS) is 18.6. The Morgan fingerprint density at radius 1 is 0.688 bits per heavy atom. The van der Waals surface area contributed by atoms with Crippen molar-refractivity contribution in [1.82, 2.24) is 30.2 Å². The van der Waals surface area contributed by atoms with Crippen molar-refractivity contribution < 1.29 is 39.1 Å². The van der Waals surface area contributed by atoms with Crippen LogP contribution in [0.2, 0.25) is 10.0 Å². The maximum Gasteiger partial charge on any atom is 0.342 e. The molecule has 9 rings (SSSR count). The van der Waals surface area contributed by atoms with Crippen LogP contribution < -0.4 is 24.6 Å². The summed E-state index contributed by atoms with van der Waals surface area (Å²) < 4.78 is 17.2. The minimum absolute atomic E-state index is 0.0477. The van der Waals surface area contributed by atoms with Crippen molar-refractivity contribution in [3.8, 4) is 11.8 Å². The molecule has 3 aliphatic heterocycles. The fraction of sp³-hybridized carbons (Fsp3) is 0.522. The molecule has 0 radical (unpaired) electrons. The second kappa shape index (κ2) is 20.6. The summed E-state index contributed by atoms with van der Waals surface area (Å²) >= 11 is 12.4. The molecule has 2 saturated carbocycles. The van der Waals surface area contributed by atoms with E-state index in [9.17, 15) is 24.9 Å². The average molecular weight is 920 g/mol. The van der Waals surface area contributed by atoms with Crippen LogP contribution in [0.3, 0.4) is 0 Å². The lowest BCUT2D eigenvalue weighted by Gasteiger charge is -2.32. The summed E-state index contributed by atoms with van der Waals surface area (Å²) in [4.78, 5) is 49.0. The molecule has 5 fully saturated rings. The number of carbonyl (C=O) groups is 2. The molecule has 342 valence electrons. The van der Waals surface area contributed by atoms with Crippen LogP contribution in [0.1, 0.15) is 94.3 Å². The standard InChI is InChI=1S/C26H34ClN5O4.C20H22ClN3O4/c27-22-15-19(1-2-20(22)17-33)18-36-24-21(23(34)28-7-10-31-11-13-35-14-12-31)16-29-25(30-24)32-8-5-26(3-4-26)6-9-32;21-16-9-13(1-2-14(16)11-25)12-28-17-15(18(26)27)10-22-19(23-17)24-7-5-20(3-4-20)6-8-24/h1-2,15-16,33H,3-14,17-18H2,(H,28,34);1-2,9-10,25H,3-8,11-12H2,(H,26,27). The SMILES string of the molecule is O=C(NCCN1CCOCC1)c1cnc(N2CCC3(CC2)CC3)nc1OCc1ccc(CO)c(Cl)c1.O=C(O)c1cnc(N2CCC3(CC2)CC3)nc1OCc1ccc(CO)c(Cl)c1. The van der Waals surface area contributed by atoms with Crippen LogP contribution in [0.25, 0.3) is 0 Å². The van der Waals surface area contributed by atoms with Crippen LogP contribution in [0, 0.1) is 10.8 Å². The van der Waals surface area contributed by atoms with Crippen LogP contribution in [-0.4, -0.2) is 118 Å². The summed E-state index contributed by atoms with van der Waals surface area (Å²) in [5.41, 5.74) is 4.19. The highest BCUT2D eigenvalue weighted by Crippen LogP contribution is 2.54. The summed E-state index contributed by atoms with van der Waals surface area (Å²) in [6, 6.07) is 10.6. The number of halogens is 2. The van der Waals surface area contributed by atoms with Crippen LogP contribution in [-0.2, 0) is 31.2 Å². The van der Waals surface area contributed by atoms with Gasteiger partial charge in [-0.05, 0) is 96.6 Å². The van der Waals surface area contributed by atoms with Crippen molar-refractivity contribution in [2.24, 2.45) is 10.8 Å². The monoisotopic (exact) mass is 918 g/mol. The zero-order valence-corrected chi connectivity index (χ0v) is 37.5. The number of carboxylic acid groups (broad SMARTS) is 1. The molecule has 18 heteroatoms. The van der Waals surface area contributed by atoms with Gasteiger partial charge in [0.15, 0.2) is 0 Å². The Hall–Kier alpha value is -4.84. The number of rotatable bonds is 15. The first-order valence-electron chi connectivity index (χ1n) is 22.1. The highest BCUT2D eigenvalue weighted by Gasteiger charge is 2.45. The molecule has 2 aromatic heterocycles. The van der Waals surface area contributed by atoms with Crippen molar-refractivity contribution >= 4 is 47.0 Å². The van der Waals surface area contributed by atoms with E-state index in [2.05, 4.69) is 40.0 Å². The van der Waals surface area contributed by atoms with Gasteiger partial charge in [-0.25, -0.2) is 14.8 Å². The number of carbonyl (C=O) groups excluding carboxylic acids is 1. The van der Waals surface area contributed by atoms with E-state index >= 15 is 0 Å². The van der Waals surface area contributed by atoms with Crippen molar-refractivity contribution in [3.63, 3.8) is 0 Å². The third-order valence-electron chi connectivity index (χ3n) is 13.2. The lowest BCUT2D eigenvalue weighted by Crippen LogP contribution is -2.41. The van der Waals surface area contributed by atoms with Gasteiger partial charge in [0.05, 0.1) is 32.6 Å². The van der Waals surface area contributed by atoms with E-state index in [-0.39, 0.29) is 49.7 Å². The van der Waals surface area contributed by atoms with Crippen LogP contribution in [0.5, 0.6) is 11.8 Å². The second-order valence-electron chi connectivity index (χ2n) is 17.5. The molecule has 4 N–H and O–H groups in total. The molecule has 0 atom stereocenters. The molecule has 3 saturated heterocycles. The molecule has 1 amide bonds. The molecule has 4 aromatic rings. The number of benzene rings is 2. The van der Waals surface area contributed by atoms with E-state index in [4.69, 9.17) is 37.4 Å². The Kier molecular flexibility index (Phi) is 14.7. The summed E-state index contributed by atoms with van der Waals surface area (Å²) in [7, 11) is 0. The number of nitrogens with zero attached hydrogens (tertiary/aromatic N) is 7. The van der Waals surface area contributed by atoms with Gasteiger partial charge in [-0.3, -0.25) is 9.69 Å². The molecular formula is C46H56Cl2N8O8. The molecule has 5 aliphatic rings. The number of aliphatic hydroxyl groups is 2. The number of hydrogen-bond donors (Lipinski definition) is 4. The lowest BCUT2D eigenvalue weighted by atomic mass is 9.94. The molecule has 2 aliphatic carbocycles. The third-order valence-corrected chi connectivity index (χ3v) is 13.9.